The van der Waals surface area contributed by atoms with Gasteiger partial charge in [-0.2, -0.15) is 5.10 Å². The molecule has 84 valence electrons. The first-order valence-corrected chi connectivity index (χ1v) is 5.76. The molecule has 1 aromatic heterocycles. The van der Waals surface area contributed by atoms with E-state index >= 15 is 0 Å². The number of nitrogens with zero attached hydrogens (tertiary/aromatic N) is 2. The van der Waals surface area contributed by atoms with Gasteiger partial charge in [-0.25, -0.2) is 0 Å². The second-order valence-corrected chi connectivity index (χ2v) is 4.39. The van der Waals surface area contributed by atoms with Crippen molar-refractivity contribution >= 4 is 21.7 Å². The molecule has 0 fully saturated rings. The molecule has 0 spiro atoms. The van der Waals surface area contributed by atoms with Crippen LogP contribution in [-0.2, 0) is 17.8 Å². The van der Waals surface area contributed by atoms with Crippen LogP contribution in [0.3, 0.4) is 0 Å². The first-order chi connectivity index (χ1) is 6.97. The SMILES string of the molecule is CCn1nc(C)c(Br)c1CC(=O)C(C)N. The van der Waals surface area contributed by atoms with Crippen LogP contribution in [0.5, 0.6) is 0 Å². The van der Waals surface area contributed by atoms with Crippen molar-refractivity contribution in [3.8, 4) is 0 Å². The van der Waals surface area contributed by atoms with Gasteiger partial charge in [0.05, 0.1) is 28.3 Å². The Hall–Kier alpha value is -0.680. The van der Waals surface area contributed by atoms with Crippen LogP contribution >= 0.6 is 15.9 Å². The Kier molecular flexibility index (Phi) is 4.04. The normalized spacial score (nSPS) is 12.9. The molecule has 1 aromatic rings. The molecule has 0 aromatic carbocycles. The molecule has 0 saturated carbocycles. The van der Waals surface area contributed by atoms with Crippen molar-refractivity contribution in [3.05, 3.63) is 15.9 Å². The summed E-state index contributed by atoms with van der Waals surface area (Å²) in [7, 11) is 0. The number of Topliss-reactive ketones (excluding diaryl/α,β-unsaturated/α-hetero) is 1. The third-order valence-electron chi connectivity index (χ3n) is 2.30. The predicted octanol–water partition coefficient (Wildman–Crippen LogP) is 1.43. The zero-order valence-corrected chi connectivity index (χ0v) is 10.8. The average Bonchev–Trinajstić information content (AvgIpc) is 2.45. The van der Waals surface area contributed by atoms with Crippen LogP contribution < -0.4 is 5.73 Å². The summed E-state index contributed by atoms with van der Waals surface area (Å²) in [5, 5.41) is 4.32. The summed E-state index contributed by atoms with van der Waals surface area (Å²) in [6, 6.07) is -0.419. The molecule has 2 N–H and O–H groups in total. The van der Waals surface area contributed by atoms with E-state index in [9.17, 15) is 4.79 Å². The van der Waals surface area contributed by atoms with Gasteiger partial charge in [0, 0.05) is 6.54 Å². The molecule has 0 aliphatic heterocycles. The third kappa shape index (κ3) is 2.66. The Balaban J connectivity index is 2.97. The highest BCUT2D eigenvalue weighted by atomic mass is 79.9. The first-order valence-electron chi connectivity index (χ1n) is 4.97. The smallest absolute Gasteiger partial charge is 0.155 e. The molecular weight excluding hydrogens is 258 g/mol. The summed E-state index contributed by atoms with van der Waals surface area (Å²) >= 11 is 3.44. The molecule has 0 amide bonds. The third-order valence-corrected chi connectivity index (χ3v) is 3.33. The molecule has 0 bridgehead atoms. The summed E-state index contributed by atoms with van der Waals surface area (Å²) in [5.74, 6) is 0.0327. The van der Waals surface area contributed by atoms with Gasteiger partial charge in [-0.3, -0.25) is 9.48 Å². The van der Waals surface area contributed by atoms with E-state index in [0.29, 0.717) is 6.42 Å². The van der Waals surface area contributed by atoms with Crippen LogP contribution in [0.2, 0.25) is 0 Å². The van der Waals surface area contributed by atoms with Crippen LogP contribution in [0.4, 0.5) is 0 Å². The van der Waals surface area contributed by atoms with Crippen molar-refractivity contribution in [1.29, 1.82) is 0 Å². The Labute approximate surface area is 98.0 Å². The fraction of sp³-hybridized carbons (Fsp3) is 0.600. The number of ketones is 1. The quantitative estimate of drug-likeness (QED) is 0.903. The maximum Gasteiger partial charge on any atom is 0.155 e. The molecule has 0 aliphatic rings. The number of nitrogens with two attached hydrogens (primary N) is 1. The summed E-state index contributed by atoms with van der Waals surface area (Å²) < 4.78 is 2.75. The lowest BCUT2D eigenvalue weighted by molar-refractivity contribution is -0.119. The van der Waals surface area contributed by atoms with E-state index in [1.165, 1.54) is 0 Å². The van der Waals surface area contributed by atoms with Crippen LogP contribution in [-0.4, -0.2) is 21.6 Å². The molecule has 0 saturated heterocycles. The van der Waals surface area contributed by atoms with Gasteiger partial charge < -0.3 is 5.73 Å². The monoisotopic (exact) mass is 273 g/mol. The minimum atomic E-state index is -0.419. The molecule has 1 unspecified atom stereocenters. The molecule has 0 aliphatic carbocycles. The zero-order chi connectivity index (χ0) is 11.6. The second kappa shape index (κ2) is 4.90. The van der Waals surface area contributed by atoms with E-state index in [4.69, 9.17) is 5.73 Å². The summed E-state index contributed by atoms with van der Waals surface area (Å²) in [4.78, 5) is 11.6. The lowest BCUT2D eigenvalue weighted by Crippen LogP contribution is -2.29. The van der Waals surface area contributed by atoms with Gasteiger partial charge >= 0.3 is 0 Å². The number of carbonyl (C=O) groups excluding carboxylic acids is 1. The van der Waals surface area contributed by atoms with Gasteiger partial charge in [-0.1, -0.05) is 0 Å². The Morgan fingerprint density at radius 1 is 1.67 bits per heavy atom. The van der Waals surface area contributed by atoms with Gasteiger partial charge in [0.15, 0.2) is 5.78 Å². The van der Waals surface area contributed by atoms with Crippen LogP contribution in [0.25, 0.3) is 0 Å². The van der Waals surface area contributed by atoms with E-state index in [1.54, 1.807) is 6.92 Å². The van der Waals surface area contributed by atoms with Crippen molar-refractivity contribution in [2.24, 2.45) is 5.73 Å². The fourth-order valence-electron chi connectivity index (χ4n) is 1.36. The van der Waals surface area contributed by atoms with Crippen molar-refractivity contribution in [2.45, 2.75) is 39.8 Å². The number of aromatic nitrogens is 2. The number of rotatable bonds is 4. The number of carbonyl (C=O) groups is 1. The largest absolute Gasteiger partial charge is 0.322 e. The molecule has 1 atom stereocenters. The average molecular weight is 274 g/mol. The minimum absolute atomic E-state index is 0.0327. The van der Waals surface area contributed by atoms with Gasteiger partial charge in [-0.05, 0) is 36.7 Å². The number of aryl methyl sites for hydroxylation is 2. The second-order valence-electron chi connectivity index (χ2n) is 3.59. The van der Waals surface area contributed by atoms with E-state index in [1.807, 2.05) is 18.5 Å². The van der Waals surface area contributed by atoms with E-state index in [2.05, 4.69) is 21.0 Å². The van der Waals surface area contributed by atoms with Crippen molar-refractivity contribution in [2.75, 3.05) is 0 Å². The lowest BCUT2D eigenvalue weighted by atomic mass is 10.1. The number of halogens is 1. The highest BCUT2D eigenvalue weighted by Gasteiger charge is 2.17. The Morgan fingerprint density at radius 3 is 2.73 bits per heavy atom. The van der Waals surface area contributed by atoms with Gasteiger partial charge in [0.2, 0.25) is 0 Å². The maximum atomic E-state index is 11.6. The van der Waals surface area contributed by atoms with E-state index < -0.39 is 6.04 Å². The number of hydrogen-bond acceptors (Lipinski definition) is 3. The summed E-state index contributed by atoms with van der Waals surface area (Å²) in [6.45, 7) is 6.37. The Bertz CT molecular complexity index is 371. The molecule has 0 radical (unpaired) electrons. The molecule has 4 nitrogen and oxygen atoms in total. The maximum absolute atomic E-state index is 11.6. The van der Waals surface area contributed by atoms with Gasteiger partial charge in [0.1, 0.15) is 0 Å². The first kappa shape index (κ1) is 12.4. The summed E-state index contributed by atoms with van der Waals surface area (Å²) in [5.41, 5.74) is 7.36. The molecular formula is C10H16BrN3O. The number of hydrogen-bond donors (Lipinski definition) is 1. The van der Waals surface area contributed by atoms with E-state index in [0.717, 1.165) is 22.4 Å². The molecule has 15 heavy (non-hydrogen) atoms. The van der Waals surface area contributed by atoms with Crippen LogP contribution in [0.15, 0.2) is 4.47 Å². The lowest BCUT2D eigenvalue weighted by Gasteiger charge is -2.06. The highest BCUT2D eigenvalue weighted by Crippen LogP contribution is 2.21. The van der Waals surface area contributed by atoms with E-state index in [-0.39, 0.29) is 5.78 Å². The predicted molar refractivity (Wildman–Crippen MR) is 62.7 cm³/mol. The topological polar surface area (TPSA) is 60.9 Å². The fourth-order valence-corrected chi connectivity index (χ4v) is 1.79. The molecule has 1 rings (SSSR count). The van der Waals surface area contributed by atoms with Crippen molar-refractivity contribution in [3.63, 3.8) is 0 Å². The highest BCUT2D eigenvalue weighted by molar-refractivity contribution is 9.10. The van der Waals surface area contributed by atoms with Gasteiger partial charge in [-0.15, -0.1) is 0 Å². The zero-order valence-electron chi connectivity index (χ0n) is 9.25. The Morgan fingerprint density at radius 2 is 2.27 bits per heavy atom. The molecule has 1 heterocycles. The van der Waals surface area contributed by atoms with Crippen molar-refractivity contribution < 1.29 is 4.79 Å². The minimum Gasteiger partial charge on any atom is -0.322 e. The van der Waals surface area contributed by atoms with Crippen LogP contribution in [0, 0.1) is 6.92 Å². The van der Waals surface area contributed by atoms with Gasteiger partial charge in [0.25, 0.3) is 0 Å². The van der Waals surface area contributed by atoms with Crippen LogP contribution in [0.1, 0.15) is 25.2 Å². The van der Waals surface area contributed by atoms with Crippen molar-refractivity contribution in [1.82, 2.24) is 9.78 Å². The molecule has 5 heteroatoms. The summed E-state index contributed by atoms with van der Waals surface area (Å²) in [6.07, 6.45) is 0.340. The standard InChI is InChI=1S/C10H16BrN3O/c1-4-14-8(5-9(15)6(2)12)10(11)7(3)13-14/h6H,4-5,12H2,1-3H3.